The summed E-state index contributed by atoms with van der Waals surface area (Å²) >= 11 is 0. The van der Waals surface area contributed by atoms with Crippen LogP contribution in [-0.4, -0.2) is 16.5 Å². The van der Waals surface area contributed by atoms with Crippen LogP contribution in [0, 0.1) is 0 Å². The van der Waals surface area contributed by atoms with E-state index < -0.39 is 0 Å². The molecule has 0 aromatic carbocycles. The van der Waals surface area contributed by atoms with Crippen LogP contribution in [0.1, 0.15) is 13.3 Å². The summed E-state index contributed by atoms with van der Waals surface area (Å²) in [7, 11) is 0. The lowest BCUT2D eigenvalue weighted by atomic mass is 10.4. The van der Waals surface area contributed by atoms with Crippen molar-refractivity contribution in [2.24, 2.45) is 0 Å². The van der Waals surface area contributed by atoms with Crippen LogP contribution in [0.2, 0.25) is 0 Å². The molecule has 70 valence electrons. The summed E-state index contributed by atoms with van der Waals surface area (Å²) in [5, 5.41) is 3.12. The van der Waals surface area contributed by atoms with Crippen molar-refractivity contribution in [1.82, 2.24) is 9.97 Å². The Hall–Kier alpha value is -1.58. The first-order valence-corrected chi connectivity index (χ1v) is 4.25. The van der Waals surface area contributed by atoms with E-state index >= 15 is 0 Å². The van der Waals surface area contributed by atoms with Gasteiger partial charge in [0.2, 0.25) is 0 Å². The molecule has 0 atom stereocenters. The second-order valence-electron chi connectivity index (χ2n) is 2.61. The molecule has 0 bridgehead atoms. The molecular formula is C9H14N4. The fourth-order valence-corrected chi connectivity index (χ4v) is 0.916. The summed E-state index contributed by atoms with van der Waals surface area (Å²) in [6.45, 7) is 2.85. The third-order valence-corrected chi connectivity index (χ3v) is 1.51. The van der Waals surface area contributed by atoms with Gasteiger partial charge in [-0.1, -0.05) is 12.2 Å². The van der Waals surface area contributed by atoms with Gasteiger partial charge in [-0.2, -0.15) is 0 Å². The second-order valence-corrected chi connectivity index (χ2v) is 2.61. The third-order valence-electron chi connectivity index (χ3n) is 1.51. The van der Waals surface area contributed by atoms with Gasteiger partial charge in [-0.05, 0) is 13.3 Å². The predicted octanol–water partition coefficient (Wildman–Crippen LogP) is 1.44. The first-order chi connectivity index (χ1) is 6.33. The summed E-state index contributed by atoms with van der Waals surface area (Å²) in [4.78, 5) is 7.97. The number of nitrogens with two attached hydrogens (primary N) is 1. The number of allylic oxidation sites excluding steroid dienone is 1. The van der Waals surface area contributed by atoms with Gasteiger partial charge in [-0.25, -0.2) is 4.98 Å². The van der Waals surface area contributed by atoms with Crippen molar-refractivity contribution in [3.63, 3.8) is 0 Å². The van der Waals surface area contributed by atoms with Gasteiger partial charge in [0, 0.05) is 6.54 Å². The number of anilines is 2. The van der Waals surface area contributed by atoms with E-state index in [9.17, 15) is 0 Å². The number of hydrogen-bond acceptors (Lipinski definition) is 4. The average Bonchev–Trinajstić information content (AvgIpc) is 2.13. The Labute approximate surface area is 77.9 Å². The van der Waals surface area contributed by atoms with Gasteiger partial charge in [0.25, 0.3) is 0 Å². The minimum atomic E-state index is 0.441. The van der Waals surface area contributed by atoms with E-state index in [-0.39, 0.29) is 0 Å². The quantitative estimate of drug-likeness (QED) is 0.541. The molecular weight excluding hydrogens is 164 g/mol. The highest BCUT2D eigenvalue weighted by Gasteiger charge is 1.92. The molecule has 0 spiro atoms. The molecule has 0 fully saturated rings. The summed E-state index contributed by atoms with van der Waals surface area (Å²) in [5.74, 6) is 1.17. The van der Waals surface area contributed by atoms with Crippen LogP contribution in [-0.2, 0) is 0 Å². The van der Waals surface area contributed by atoms with E-state index in [2.05, 4.69) is 21.4 Å². The molecule has 1 aromatic rings. The predicted molar refractivity (Wildman–Crippen MR) is 54.4 cm³/mol. The SMILES string of the molecule is C/C=C/CCNc1cncc(N)n1. The number of rotatable bonds is 4. The minimum Gasteiger partial charge on any atom is -0.382 e. The van der Waals surface area contributed by atoms with E-state index in [0.29, 0.717) is 5.82 Å². The normalized spacial score (nSPS) is 10.5. The number of nitrogens with zero attached hydrogens (tertiary/aromatic N) is 2. The molecule has 1 rings (SSSR count). The molecule has 4 heteroatoms. The highest BCUT2D eigenvalue weighted by molar-refractivity contribution is 5.38. The molecule has 0 saturated carbocycles. The van der Waals surface area contributed by atoms with Gasteiger partial charge in [0.1, 0.15) is 11.6 Å². The Morgan fingerprint density at radius 1 is 1.54 bits per heavy atom. The van der Waals surface area contributed by atoms with E-state index in [0.717, 1.165) is 18.8 Å². The molecule has 1 heterocycles. The van der Waals surface area contributed by atoms with Crippen LogP contribution in [0.25, 0.3) is 0 Å². The van der Waals surface area contributed by atoms with E-state index in [1.54, 1.807) is 6.20 Å². The Morgan fingerprint density at radius 3 is 3.08 bits per heavy atom. The molecule has 4 nitrogen and oxygen atoms in total. The van der Waals surface area contributed by atoms with Gasteiger partial charge >= 0.3 is 0 Å². The zero-order valence-electron chi connectivity index (χ0n) is 7.70. The maximum absolute atomic E-state index is 5.46. The first-order valence-electron chi connectivity index (χ1n) is 4.25. The van der Waals surface area contributed by atoms with Crippen LogP contribution in [0.5, 0.6) is 0 Å². The molecule has 13 heavy (non-hydrogen) atoms. The van der Waals surface area contributed by atoms with Crippen molar-refractivity contribution in [2.45, 2.75) is 13.3 Å². The molecule has 1 aromatic heterocycles. The van der Waals surface area contributed by atoms with Gasteiger partial charge in [0.15, 0.2) is 0 Å². The number of nitrogen functional groups attached to an aromatic ring is 1. The minimum absolute atomic E-state index is 0.441. The number of aromatic nitrogens is 2. The molecule has 0 aliphatic rings. The fraction of sp³-hybridized carbons (Fsp3) is 0.333. The Kier molecular flexibility index (Phi) is 3.75. The number of nitrogens with one attached hydrogen (secondary N) is 1. The molecule has 0 amide bonds. The smallest absolute Gasteiger partial charge is 0.146 e. The summed E-state index contributed by atoms with van der Waals surface area (Å²) in [5.41, 5.74) is 5.46. The second kappa shape index (κ2) is 5.13. The lowest BCUT2D eigenvalue weighted by Crippen LogP contribution is -2.04. The maximum atomic E-state index is 5.46. The van der Waals surface area contributed by atoms with Gasteiger partial charge in [-0.15, -0.1) is 0 Å². The Bertz CT molecular complexity index is 283. The van der Waals surface area contributed by atoms with Crippen LogP contribution in [0.15, 0.2) is 24.5 Å². The van der Waals surface area contributed by atoms with Gasteiger partial charge in [-0.3, -0.25) is 4.98 Å². The van der Waals surface area contributed by atoms with Gasteiger partial charge < -0.3 is 11.1 Å². The fourth-order valence-electron chi connectivity index (χ4n) is 0.916. The lowest BCUT2D eigenvalue weighted by Gasteiger charge is -2.02. The zero-order valence-corrected chi connectivity index (χ0v) is 7.70. The van der Waals surface area contributed by atoms with Crippen LogP contribution in [0.4, 0.5) is 11.6 Å². The highest BCUT2D eigenvalue weighted by Crippen LogP contribution is 2.02. The lowest BCUT2D eigenvalue weighted by molar-refractivity contribution is 1.04. The van der Waals surface area contributed by atoms with Crippen molar-refractivity contribution in [3.05, 3.63) is 24.5 Å². The summed E-state index contributed by atoms with van der Waals surface area (Å²) in [6.07, 6.45) is 8.27. The van der Waals surface area contributed by atoms with E-state index in [1.807, 2.05) is 13.0 Å². The van der Waals surface area contributed by atoms with Crippen molar-refractivity contribution in [1.29, 1.82) is 0 Å². The topological polar surface area (TPSA) is 63.8 Å². The number of hydrogen-bond donors (Lipinski definition) is 2. The van der Waals surface area contributed by atoms with Crippen LogP contribution >= 0.6 is 0 Å². The van der Waals surface area contributed by atoms with Gasteiger partial charge in [0.05, 0.1) is 12.4 Å². The van der Waals surface area contributed by atoms with Crippen LogP contribution in [0.3, 0.4) is 0 Å². The largest absolute Gasteiger partial charge is 0.382 e. The van der Waals surface area contributed by atoms with Crippen molar-refractivity contribution >= 4 is 11.6 Å². The molecule has 0 radical (unpaired) electrons. The standard InChI is InChI=1S/C9H14N4/c1-2-3-4-5-12-9-7-11-6-8(10)13-9/h2-3,6-7H,4-5H2,1H3,(H3,10,12,13)/b3-2+. The summed E-state index contributed by atoms with van der Waals surface area (Å²) < 4.78 is 0. The van der Waals surface area contributed by atoms with E-state index in [1.165, 1.54) is 6.20 Å². The molecule has 0 unspecified atom stereocenters. The first kappa shape index (κ1) is 9.51. The van der Waals surface area contributed by atoms with E-state index in [4.69, 9.17) is 5.73 Å². The monoisotopic (exact) mass is 178 g/mol. The van der Waals surface area contributed by atoms with Crippen molar-refractivity contribution < 1.29 is 0 Å². The Balaban J connectivity index is 2.36. The Morgan fingerprint density at radius 2 is 2.38 bits per heavy atom. The van der Waals surface area contributed by atoms with Crippen LogP contribution < -0.4 is 11.1 Å². The summed E-state index contributed by atoms with van der Waals surface area (Å²) in [6, 6.07) is 0. The van der Waals surface area contributed by atoms with Crippen molar-refractivity contribution in [2.75, 3.05) is 17.6 Å². The zero-order chi connectivity index (χ0) is 9.52. The molecule has 0 saturated heterocycles. The average molecular weight is 178 g/mol. The molecule has 0 aliphatic carbocycles. The molecule has 0 aliphatic heterocycles. The van der Waals surface area contributed by atoms with Crippen molar-refractivity contribution in [3.8, 4) is 0 Å². The molecule has 3 N–H and O–H groups in total. The highest BCUT2D eigenvalue weighted by atomic mass is 15.0. The third kappa shape index (κ3) is 3.55. The maximum Gasteiger partial charge on any atom is 0.146 e.